The molecular weight excluding hydrogens is 352 g/mol. The Hall–Kier alpha value is -1.11. The van der Waals surface area contributed by atoms with Gasteiger partial charge in [0.05, 0.1) is 29.6 Å². The fourth-order valence-corrected chi connectivity index (χ4v) is 3.12. The first kappa shape index (κ1) is 16.3. The highest BCUT2D eigenvalue weighted by molar-refractivity contribution is 9.10. The minimum Gasteiger partial charge on any atom is -0.383 e. The van der Waals surface area contributed by atoms with Crippen LogP contribution in [0.1, 0.15) is 16.1 Å². The van der Waals surface area contributed by atoms with E-state index in [1.807, 2.05) is 31.2 Å². The van der Waals surface area contributed by atoms with E-state index in [0.29, 0.717) is 24.6 Å². The van der Waals surface area contributed by atoms with Gasteiger partial charge >= 0.3 is 0 Å². The molecule has 0 bridgehead atoms. The highest BCUT2D eigenvalue weighted by Gasteiger charge is 2.17. The second-order valence-corrected chi connectivity index (χ2v) is 6.49. The number of nitrogens with zero attached hydrogens (tertiary/aromatic N) is 2. The Kier molecular flexibility index (Phi) is 6.02. The summed E-state index contributed by atoms with van der Waals surface area (Å²) >= 11 is 4.93. The fourth-order valence-electron chi connectivity index (χ4n) is 1.84. The number of hydrogen-bond acceptors (Lipinski definition) is 4. The predicted molar refractivity (Wildman–Crippen MR) is 88.0 cm³/mol. The number of aromatic nitrogens is 2. The molecule has 0 aliphatic heterocycles. The van der Waals surface area contributed by atoms with E-state index in [1.165, 1.54) is 17.3 Å². The number of aryl methyl sites for hydroxylation is 1. The minimum atomic E-state index is 0.0565. The number of carbonyl (C=O) groups excluding carboxylic acids is 1. The third-order valence-electron chi connectivity index (χ3n) is 2.96. The van der Waals surface area contributed by atoms with E-state index in [9.17, 15) is 4.79 Å². The predicted octanol–water partition coefficient (Wildman–Crippen LogP) is 3.58. The summed E-state index contributed by atoms with van der Waals surface area (Å²) in [6.45, 7) is 3.14. The average molecular weight is 369 g/mol. The van der Waals surface area contributed by atoms with Crippen LogP contribution in [0.25, 0.3) is 0 Å². The number of thioether (sulfide) groups is 1. The van der Waals surface area contributed by atoms with E-state index in [0.717, 1.165) is 9.37 Å². The maximum absolute atomic E-state index is 12.4. The number of methoxy groups -OCH3 is 1. The minimum absolute atomic E-state index is 0.0565. The molecule has 2 aromatic rings. The molecule has 0 radical (unpaired) electrons. The van der Waals surface area contributed by atoms with Crippen LogP contribution < -0.4 is 0 Å². The van der Waals surface area contributed by atoms with E-state index < -0.39 is 0 Å². The number of ether oxygens (including phenoxy) is 1. The molecule has 0 atom stereocenters. The lowest BCUT2D eigenvalue weighted by Gasteiger charge is -2.07. The summed E-state index contributed by atoms with van der Waals surface area (Å²) in [5, 5.41) is 4.20. The van der Waals surface area contributed by atoms with Crippen LogP contribution >= 0.6 is 27.7 Å². The third-order valence-corrected chi connectivity index (χ3v) is 4.55. The Morgan fingerprint density at radius 3 is 2.76 bits per heavy atom. The summed E-state index contributed by atoms with van der Waals surface area (Å²) in [5.74, 6) is 0.446. The van der Waals surface area contributed by atoms with Gasteiger partial charge in [-0.05, 0) is 35.0 Å². The van der Waals surface area contributed by atoms with Gasteiger partial charge in [0.1, 0.15) is 5.69 Å². The lowest BCUT2D eigenvalue weighted by molar-refractivity contribution is 0.100. The Labute approximate surface area is 137 Å². The largest absolute Gasteiger partial charge is 0.383 e. The number of carbonyl (C=O) groups is 1. The van der Waals surface area contributed by atoms with Crippen molar-refractivity contribution in [2.75, 3.05) is 19.5 Å². The first-order valence-electron chi connectivity index (χ1n) is 6.54. The van der Waals surface area contributed by atoms with Gasteiger partial charge in [-0.1, -0.05) is 17.7 Å². The molecule has 1 aromatic carbocycles. The molecule has 21 heavy (non-hydrogen) atoms. The van der Waals surface area contributed by atoms with E-state index in [2.05, 4.69) is 21.0 Å². The van der Waals surface area contributed by atoms with Gasteiger partial charge in [-0.25, -0.2) is 0 Å². The van der Waals surface area contributed by atoms with Crippen LogP contribution in [-0.4, -0.2) is 35.0 Å². The standard InChI is InChI=1S/C15H17BrN2O2S/c1-11-3-5-12(6-4-11)21-10-14(19)15-13(16)9-17-18(15)7-8-20-2/h3-6,9H,7-8,10H2,1-2H3. The SMILES string of the molecule is COCCn1ncc(Br)c1C(=O)CSc1ccc(C)cc1. The summed E-state index contributed by atoms with van der Waals surface area (Å²) in [4.78, 5) is 13.5. The summed E-state index contributed by atoms with van der Waals surface area (Å²) in [6, 6.07) is 8.16. The fraction of sp³-hybridized carbons (Fsp3) is 0.333. The number of rotatable bonds is 7. The van der Waals surface area contributed by atoms with Crippen molar-refractivity contribution in [2.24, 2.45) is 0 Å². The molecule has 1 heterocycles. The molecule has 0 spiro atoms. The Morgan fingerprint density at radius 2 is 2.10 bits per heavy atom. The molecule has 0 unspecified atom stereocenters. The molecule has 0 N–H and O–H groups in total. The molecule has 0 aliphatic carbocycles. The van der Waals surface area contributed by atoms with Gasteiger partial charge in [0, 0.05) is 12.0 Å². The molecule has 0 saturated heterocycles. The van der Waals surface area contributed by atoms with Crippen molar-refractivity contribution in [3.05, 3.63) is 46.2 Å². The molecule has 0 saturated carbocycles. The summed E-state index contributed by atoms with van der Waals surface area (Å²) < 4.78 is 7.45. The lowest BCUT2D eigenvalue weighted by Crippen LogP contribution is -2.15. The van der Waals surface area contributed by atoms with E-state index in [-0.39, 0.29) is 5.78 Å². The van der Waals surface area contributed by atoms with Gasteiger partial charge in [-0.3, -0.25) is 9.48 Å². The second kappa shape index (κ2) is 7.77. The van der Waals surface area contributed by atoms with Crippen molar-refractivity contribution in [1.82, 2.24) is 9.78 Å². The summed E-state index contributed by atoms with van der Waals surface area (Å²) in [7, 11) is 1.63. The van der Waals surface area contributed by atoms with E-state index in [4.69, 9.17) is 4.74 Å². The molecule has 112 valence electrons. The molecule has 2 rings (SSSR count). The highest BCUT2D eigenvalue weighted by atomic mass is 79.9. The highest BCUT2D eigenvalue weighted by Crippen LogP contribution is 2.22. The quantitative estimate of drug-likeness (QED) is 0.553. The topological polar surface area (TPSA) is 44.1 Å². The molecule has 6 heteroatoms. The number of hydrogen-bond donors (Lipinski definition) is 0. The number of ketones is 1. The van der Waals surface area contributed by atoms with Crippen molar-refractivity contribution in [3.63, 3.8) is 0 Å². The lowest BCUT2D eigenvalue weighted by atomic mass is 10.2. The van der Waals surface area contributed by atoms with Crippen LogP contribution in [0.15, 0.2) is 39.8 Å². The van der Waals surface area contributed by atoms with Crippen molar-refractivity contribution in [1.29, 1.82) is 0 Å². The molecule has 0 fully saturated rings. The van der Waals surface area contributed by atoms with Crippen molar-refractivity contribution >= 4 is 33.5 Å². The molecule has 0 aliphatic rings. The zero-order valence-corrected chi connectivity index (χ0v) is 14.4. The summed E-state index contributed by atoms with van der Waals surface area (Å²) in [5.41, 5.74) is 1.82. The summed E-state index contributed by atoms with van der Waals surface area (Å²) in [6.07, 6.45) is 1.65. The second-order valence-electron chi connectivity index (χ2n) is 4.58. The molecule has 4 nitrogen and oxygen atoms in total. The Morgan fingerprint density at radius 1 is 1.38 bits per heavy atom. The van der Waals surface area contributed by atoms with Gasteiger partial charge in [-0.2, -0.15) is 5.10 Å². The van der Waals surface area contributed by atoms with Crippen LogP contribution in [0.2, 0.25) is 0 Å². The average Bonchev–Trinajstić information content (AvgIpc) is 2.85. The smallest absolute Gasteiger partial charge is 0.192 e. The van der Waals surface area contributed by atoms with Crippen LogP contribution in [-0.2, 0) is 11.3 Å². The third kappa shape index (κ3) is 4.43. The maximum atomic E-state index is 12.4. The molecule has 0 amide bonds. The van der Waals surface area contributed by atoms with Gasteiger partial charge in [-0.15, -0.1) is 11.8 Å². The normalized spacial score (nSPS) is 10.8. The van der Waals surface area contributed by atoms with Crippen molar-refractivity contribution in [2.45, 2.75) is 18.4 Å². The Balaban J connectivity index is 2.02. The van der Waals surface area contributed by atoms with Gasteiger partial charge in [0.2, 0.25) is 0 Å². The van der Waals surface area contributed by atoms with Crippen LogP contribution in [0.5, 0.6) is 0 Å². The monoisotopic (exact) mass is 368 g/mol. The first-order valence-corrected chi connectivity index (χ1v) is 8.32. The van der Waals surface area contributed by atoms with E-state index >= 15 is 0 Å². The van der Waals surface area contributed by atoms with Gasteiger partial charge in [0.15, 0.2) is 5.78 Å². The van der Waals surface area contributed by atoms with Crippen LogP contribution in [0.4, 0.5) is 0 Å². The van der Waals surface area contributed by atoms with Crippen molar-refractivity contribution in [3.8, 4) is 0 Å². The van der Waals surface area contributed by atoms with Crippen LogP contribution in [0, 0.1) is 6.92 Å². The van der Waals surface area contributed by atoms with Crippen LogP contribution in [0.3, 0.4) is 0 Å². The number of halogens is 1. The van der Waals surface area contributed by atoms with Gasteiger partial charge < -0.3 is 4.74 Å². The number of Topliss-reactive ketones (excluding diaryl/α,β-unsaturated/α-hetero) is 1. The zero-order chi connectivity index (χ0) is 15.2. The Bertz CT molecular complexity index is 611. The van der Waals surface area contributed by atoms with Gasteiger partial charge in [0.25, 0.3) is 0 Å². The van der Waals surface area contributed by atoms with Crippen molar-refractivity contribution < 1.29 is 9.53 Å². The zero-order valence-electron chi connectivity index (χ0n) is 12.0. The van der Waals surface area contributed by atoms with E-state index in [1.54, 1.807) is 18.0 Å². The molecular formula is C15H17BrN2O2S. The first-order chi connectivity index (χ1) is 10.1. The number of benzene rings is 1. The molecule has 1 aromatic heterocycles. The maximum Gasteiger partial charge on any atom is 0.192 e.